The molecular weight excluding hydrogens is 460 g/mol. The van der Waals surface area contributed by atoms with E-state index >= 15 is 0 Å². The van der Waals surface area contributed by atoms with Crippen molar-refractivity contribution in [3.8, 4) is 33.4 Å². The van der Waals surface area contributed by atoms with Gasteiger partial charge in [-0.1, -0.05) is 109 Å². The zero-order valence-electron chi connectivity index (χ0n) is 19.4. The van der Waals surface area contributed by atoms with Gasteiger partial charge in [0.05, 0.1) is 0 Å². The number of hydrogen-bond acceptors (Lipinski definition) is 2. The van der Waals surface area contributed by atoms with Gasteiger partial charge in [0.2, 0.25) is 0 Å². The summed E-state index contributed by atoms with van der Waals surface area (Å²) in [5.74, 6) is 0. The summed E-state index contributed by atoms with van der Waals surface area (Å²) < 4.78 is 0. The molecule has 0 radical (unpaired) electrons. The van der Waals surface area contributed by atoms with E-state index in [-0.39, 0.29) is 5.48 Å². The molecule has 0 bridgehead atoms. The highest BCUT2D eigenvalue weighted by atomic mass is 28.4. The molecule has 6 aromatic rings. The first-order chi connectivity index (χ1) is 17.1. The van der Waals surface area contributed by atoms with E-state index < -0.39 is 8.56 Å². The first-order valence-corrected chi connectivity index (χ1v) is 13.7. The molecule has 36 heavy (non-hydrogen) atoms. The average molecular weight is 485 g/mol. The Morgan fingerprint density at radius 3 is 1.22 bits per heavy atom. The first kappa shape index (κ1) is 22.4. The van der Waals surface area contributed by atoms with Gasteiger partial charge >= 0.3 is 8.56 Å². The van der Waals surface area contributed by atoms with Crippen LogP contribution in [-0.4, -0.2) is 23.6 Å². The summed E-state index contributed by atoms with van der Waals surface area (Å²) in [7, 11) is -4.07. The summed E-state index contributed by atoms with van der Waals surface area (Å²) in [5.41, 5.74) is 5.71. The highest BCUT2D eigenvalue weighted by molar-refractivity contribution is 6.97. The van der Waals surface area contributed by atoms with Gasteiger partial charge in [-0.3, -0.25) is 0 Å². The van der Waals surface area contributed by atoms with Crippen LogP contribution < -0.4 is 10.4 Å². The fourth-order valence-corrected chi connectivity index (χ4v) is 8.41. The second kappa shape index (κ2) is 8.26. The lowest BCUT2D eigenvalue weighted by molar-refractivity contribution is 0.403. The lowest BCUT2D eigenvalue weighted by Gasteiger charge is -2.21. The summed E-state index contributed by atoms with van der Waals surface area (Å²) in [4.78, 5) is 24.4. The van der Waals surface area contributed by atoms with Crippen LogP contribution in [0.1, 0.15) is 0 Å². The lowest BCUT2D eigenvalue weighted by Crippen LogP contribution is -2.57. The van der Waals surface area contributed by atoms with E-state index in [1.807, 2.05) is 84.9 Å². The number of benzene rings is 6. The zero-order chi connectivity index (χ0) is 23.6. The Kier molecular flexibility index (Phi) is 5.14. The van der Waals surface area contributed by atoms with Crippen molar-refractivity contribution < 1.29 is 15.1 Å². The maximum absolute atomic E-state index is 12.2. The Morgan fingerprint density at radius 1 is 0.444 bits per heavy atom. The van der Waals surface area contributed by atoms with Crippen molar-refractivity contribution in [3.63, 3.8) is 0 Å². The second-order valence-electron chi connectivity index (χ2n) is 9.19. The molecule has 4 heteroatoms. The van der Waals surface area contributed by atoms with Crippen molar-refractivity contribution in [1.29, 1.82) is 0 Å². The van der Waals surface area contributed by atoms with E-state index in [1.54, 1.807) is 0 Å². The van der Waals surface area contributed by atoms with Crippen molar-refractivity contribution in [3.05, 3.63) is 121 Å². The van der Waals surface area contributed by atoms with Crippen LogP contribution in [0, 0.1) is 0 Å². The minimum absolute atomic E-state index is 0. The fourth-order valence-electron chi connectivity index (χ4n) is 5.75. The number of hydrogen-bond donors (Lipinski definition) is 2. The quantitative estimate of drug-likeness (QED) is 0.339. The Labute approximate surface area is 210 Å². The van der Waals surface area contributed by atoms with Crippen molar-refractivity contribution in [2.45, 2.75) is 0 Å². The van der Waals surface area contributed by atoms with Gasteiger partial charge in [0.1, 0.15) is 0 Å². The Balaban J connectivity index is 0.00000240. The highest BCUT2D eigenvalue weighted by Gasteiger charge is 2.50. The van der Waals surface area contributed by atoms with Gasteiger partial charge in [0.25, 0.3) is 0 Å². The molecule has 0 aliphatic carbocycles. The summed E-state index contributed by atoms with van der Waals surface area (Å²) in [5, 5.41) is 5.67. The molecule has 4 N–H and O–H groups in total. The molecule has 0 amide bonds. The predicted octanol–water partition coefficient (Wildman–Crippen LogP) is 5.02. The maximum Gasteiger partial charge on any atom is 0.404 e. The van der Waals surface area contributed by atoms with E-state index in [2.05, 4.69) is 36.4 Å². The van der Waals surface area contributed by atoms with E-state index in [0.717, 1.165) is 54.9 Å². The molecule has 1 heterocycles. The highest BCUT2D eigenvalue weighted by Crippen LogP contribution is 2.43. The van der Waals surface area contributed by atoms with E-state index in [1.165, 1.54) is 0 Å². The Hall–Kier alpha value is -4.06. The van der Waals surface area contributed by atoms with E-state index in [0.29, 0.717) is 10.4 Å². The normalized spacial score (nSPS) is 13.3. The minimum Gasteiger partial charge on any atom is -0.412 e. The van der Waals surface area contributed by atoms with Gasteiger partial charge in [-0.2, -0.15) is 0 Å². The number of rotatable bonds is 2. The van der Waals surface area contributed by atoms with Gasteiger partial charge in [0, 0.05) is 10.4 Å². The molecule has 1 aliphatic rings. The molecule has 0 aromatic heterocycles. The molecule has 0 spiro atoms. The van der Waals surface area contributed by atoms with Crippen molar-refractivity contribution in [2.75, 3.05) is 0 Å². The molecule has 0 saturated heterocycles. The largest absolute Gasteiger partial charge is 0.412 e. The Morgan fingerprint density at radius 2 is 0.806 bits per heavy atom. The van der Waals surface area contributed by atoms with Crippen LogP contribution in [0.15, 0.2) is 121 Å². The third-order valence-electron chi connectivity index (χ3n) is 7.22. The zero-order valence-corrected chi connectivity index (χ0v) is 20.4. The molecule has 6 aromatic carbocycles. The molecule has 3 nitrogen and oxygen atoms in total. The maximum atomic E-state index is 12.2. The van der Waals surface area contributed by atoms with Crippen molar-refractivity contribution in [2.24, 2.45) is 0 Å². The SMILES string of the molecule is O.O[Si]1(O)c2c(-c3ccccc3)cc3ccccc3c2-c2c1c(-c1ccccc1)cc1ccccc21. The van der Waals surface area contributed by atoms with Gasteiger partial charge in [-0.25, -0.2) is 0 Å². The van der Waals surface area contributed by atoms with Crippen molar-refractivity contribution in [1.82, 2.24) is 0 Å². The van der Waals surface area contributed by atoms with Crippen LogP contribution in [0.5, 0.6) is 0 Å². The monoisotopic (exact) mass is 484 g/mol. The van der Waals surface area contributed by atoms with E-state index in [9.17, 15) is 9.59 Å². The fraction of sp³-hybridized carbons (Fsp3) is 0. The molecule has 1 aliphatic heterocycles. The molecule has 0 fully saturated rings. The van der Waals surface area contributed by atoms with Crippen LogP contribution in [0.3, 0.4) is 0 Å². The summed E-state index contributed by atoms with van der Waals surface area (Å²) in [6.07, 6.45) is 0. The van der Waals surface area contributed by atoms with Crippen LogP contribution in [0.25, 0.3) is 54.9 Å². The molecule has 0 saturated carbocycles. The first-order valence-electron chi connectivity index (χ1n) is 11.8. The van der Waals surface area contributed by atoms with Gasteiger partial charge in [-0.05, 0) is 67.1 Å². The number of fused-ring (bicyclic) bond motifs is 7. The topological polar surface area (TPSA) is 72.0 Å². The predicted molar refractivity (Wildman–Crippen MR) is 151 cm³/mol. The average Bonchev–Trinajstić information content (AvgIpc) is 3.17. The van der Waals surface area contributed by atoms with Gasteiger partial charge in [0.15, 0.2) is 0 Å². The second-order valence-corrected chi connectivity index (χ2v) is 11.5. The minimum atomic E-state index is -4.07. The van der Waals surface area contributed by atoms with Crippen LogP contribution in [-0.2, 0) is 0 Å². The lowest BCUT2D eigenvalue weighted by atomic mass is 9.88. The van der Waals surface area contributed by atoms with Crippen molar-refractivity contribution >= 4 is 40.5 Å². The van der Waals surface area contributed by atoms with Crippen LogP contribution in [0.2, 0.25) is 0 Å². The Bertz CT molecular complexity index is 1630. The molecule has 7 rings (SSSR count). The molecule has 174 valence electrons. The summed E-state index contributed by atoms with van der Waals surface area (Å²) in [6, 6.07) is 41.0. The van der Waals surface area contributed by atoms with Gasteiger partial charge in [-0.15, -0.1) is 0 Å². The van der Waals surface area contributed by atoms with E-state index in [4.69, 9.17) is 0 Å². The standard InChI is InChI=1S/C32H22O2Si.H2O/c33-35(34)31-27(21-11-3-1-4-12-21)19-23-15-7-9-17-25(23)29(31)30-26-18-10-8-16-24(26)20-28(32(30)35)22-13-5-2-6-14-22;/h1-20,33-34H;1H2. The van der Waals surface area contributed by atoms with Crippen LogP contribution in [0.4, 0.5) is 0 Å². The van der Waals surface area contributed by atoms with Crippen LogP contribution >= 0.6 is 0 Å². The third-order valence-corrected chi connectivity index (χ3v) is 9.65. The molecular formula is C32H24O3Si. The van der Waals surface area contributed by atoms with Gasteiger partial charge < -0.3 is 15.1 Å². The summed E-state index contributed by atoms with van der Waals surface area (Å²) >= 11 is 0. The molecule has 0 unspecified atom stereocenters. The summed E-state index contributed by atoms with van der Waals surface area (Å²) in [6.45, 7) is 0. The molecule has 0 atom stereocenters. The smallest absolute Gasteiger partial charge is 0.404 e. The third kappa shape index (κ3) is 3.10.